The molecule has 1 saturated heterocycles. The Hall–Kier alpha value is -5.91. The molecule has 0 aliphatic carbocycles. The number of carbonyl (C=O) groups excluding carboxylic acids is 11. The zero-order valence-electron chi connectivity index (χ0n) is 57.4. The van der Waals surface area contributed by atoms with Crippen molar-refractivity contribution in [2.45, 2.75) is 229 Å². The van der Waals surface area contributed by atoms with E-state index in [1.54, 1.807) is 48.7 Å². The van der Waals surface area contributed by atoms with Gasteiger partial charge in [-0.3, -0.25) is 52.7 Å². The summed E-state index contributed by atoms with van der Waals surface area (Å²) in [4.78, 5) is 169. The number of hydrogen-bond donors (Lipinski definition) is 5. The molecule has 5 N–H and O–H groups in total. The number of nitrogens with one attached hydrogen (secondary N) is 4. The summed E-state index contributed by atoms with van der Waals surface area (Å²) in [5.41, 5.74) is 0. The van der Waals surface area contributed by atoms with E-state index in [1.165, 1.54) is 87.7 Å². The maximum absolute atomic E-state index is 15.2. The summed E-state index contributed by atoms with van der Waals surface area (Å²) in [5.74, 6) is -9.68. The van der Waals surface area contributed by atoms with E-state index in [1.807, 2.05) is 55.4 Å². The van der Waals surface area contributed by atoms with Gasteiger partial charge in [0.25, 0.3) is 0 Å². The van der Waals surface area contributed by atoms with Crippen LogP contribution in [0.1, 0.15) is 162 Å². The second-order valence-electron chi connectivity index (χ2n) is 26.8. The van der Waals surface area contributed by atoms with Gasteiger partial charge in [0.05, 0.1) is 12.6 Å². The van der Waals surface area contributed by atoms with E-state index >= 15 is 9.59 Å². The van der Waals surface area contributed by atoms with Crippen molar-refractivity contribution in [3.8, 4) is 0 Å². The Morgan fingerprint density at radius 2 is 0.885 bits per heavy atom. The Labute approximate surface area is 521 Å². The molecule has 11 amide bonds. The van der Waals surface area contributed by atoms with Crippen LogP contribution >= 0.6 is 0 Å². The molecule has 500 valence electrons. The number of aliphatic hydroxyl groups is 1. The third-order valence-electron chi connectivity index (χ3n) is 16.6. The van der Waals surface area contributed by atoms with Gasteiger partial charge in [0.1, 0.15) is 60.4 Å². The van der Waals surface area contributed by atoms with E-state index in [0.717, 1.165) is 9.80 Å². The number of likely N-dealkylation sites (N-methyl/N-ethyl adjacent to an activating group) is 7. The maximum atomic E-state index is 15.2. The van der Waals surface area contributed by atoms with Gasteiger partial charge in [0.15, 0.2) is 0 Å². The largest absolute Gasteiger partial charge is 0.390 e. The molecule has 1 heterocycles. The van der Waals surface area contributed by atoms with Crippen molar-refractivity contribution < 1.29 is 62.6 Å². The zero-order chi connectivity index (χ0) is 67.4. The number of methoxy groups -OCH3 is 1. The molecule has 0 bridgehead atoms. The Kier molecular flexibility index (Phi) is 33.2. The van der Waals surface area contributed by atoms with Crippen LogP contribution in [0.15, 0.2) is 0 Å². The van der Waals surface area contributed by atoms with Crippen LogP contribution in [0.25, 0.3) is 0 Å². The third-order valence-corrected chi connectivity index (χ3v) is 16.6. The van der Waals surface area contributed by atoms with E-state index in [2.05, 4.69) is 21.3 Å². The van der Waals surface area contributed by atoms with Crippen molar-refractivity contribution in [3.63, 3.8) is 0 Å². The van der Waals surface area contributed by atoms with Crippen molar-refractivity contribution in [1.29, 1.82) is 0 Å². The molecule has 1 rings (SSSR count). The smallest absolute Gasteiger partial charge is 0.246 e. The summed E-state index contributed by atoms with van der Waals surface area (Å²) in [6.07, 6.45) is 0.838. The van der Waals surface area contributed by atoms with Crippen LogP contribution in [0.2, 0.25) is 0 Å². The first-order valence-corrected chi connectivity index (χ1v) is 31.4. The minimum Gasteiger partial charge on any atom is -0.390 e. The zero-order valence-corrected chi connectivity index (χ0v) is 57.4. The van der Waals surface area contributed by atoms with Crippen LogP contribution in [0.4, 0.5) is 0 Å². The Morgan fingerprint density at radius 3 is 1.34 bits per heavy atom. The van der Waals surface area contributed by atoms with Crippen LogP contribution in [-0.4, -0.2) is 241 Å². The summed E-state index contributed by atoms with van der Waals surface area (Å²) in [6, 6.07) is -12.3. The molecule has 0 aromatic carbocycles. The fourth-order valence-corrected chi connectivity index (χ4v) is 11.1. The number of ether oxygens (including phenoxy) is 1. The molecule has 0 spiro atoms. The van der Waals surface area contributed by atoms with Crippen molar-refractivity contribution in [3.05, 3.63) is 0 Å². The number of aliphatic hydroxyl groups excluding tert-OH is 1. The summed E-state index contributed by atoms with van der Waals surface area (Å²) in [6.45, 7) is 28.0. The molecule has 0 aromatic rings. The Balaban J connectivity index is 4.33. The molecule has 87 heavy (non-hydrogen) atoms. The molecule has 1 aliphatic heterocycles. The number of rotatable bonds is 18. The fourth-order valence-electron chi connectivity index (χ4n) is 11.1. The quantitative estimate of drug-likeness (QED) is 0.124. The number of carbonyl (C=O) groups is 11. The molecule has 24 heteroatoms. The predicted molar refractivity (Wildman–Crippen MR) is 335 cm³/mol. The normalized spacial score (nSPS) is 26.5. The van der Waals surface area contributed by atoms with Gasteiger partial charge in [0.2, 0.25) is 65.0 Å². The second kappa shape index (κ2) is 36.5. The third kappa shape index (κ3) is 22.9. The van der Waals surface area contributed by atoms with Crippen LogP contribution in [0.3, 0.4) is 0 Å². The van der Waals surface area contributed by atoms with E-state index in [4.69, 9.17) is 4.74 Å². The number of hydrogen-bond acceptors (Lipinski definition) is 13. The lowest BCUT2D eigenvalue weighted by atomic mass is 9.90. The maximum Gasteiger partial charge on any atom is 0.246 e. The van der Waals surface area contributed by atoms with Crippen molar-refractivity contribution >= 4 is 65.0 Å². The van der Waals surface area contributed by atoms with Crippen LogP contribution in [0, 0.1) is 41.4 Å². The lowest BCUT2D eigenvalue weighted by Crippen LogP contribution is -2.63. The fraction of sp³-hybridized carbons (Fsp3) is 0.825. The predicted octanol–water partition coefficient (Wildman–Crippen LogP) is 3.12. The highest BCUT2D eigenvalue weighted by molar-refractivity contribution is 5.99. The van der Waals surface area contributed by atoms with Crippen LogP contribution in [0.5, 0.6) is 0 Å². The van der Waals surface area contributed by atoms with E-state index in [-0.39, 0.29) is 55.8 Å². The highest BCUT2D eigenvalue weighted by atomic mass is 16.5. The Morgan fingerprint density at radius 1 is 0.460 bits per heavy atom. The van der Waals surface area contributed by atoms with E-state index in [0.29, 0.717) is 25.9 Å². The first kappa shape index (κ1) is 79.1. The minimum atomic E-state index is -1.61. The van der Waals surface area contributed by atoms with Gasteiger partial charge in [-0.2, -0.15) is 0 Å². The lowest BCUT2D eigenvalue weighted by molar-refractivity contribution is -0.157. The van der Waals surface area contributed by atoms with E-state index in [9.17, 15) is 48.3 Å². The molecular weight excluding hydrogens is 1120 g/mol. The molecule has 0 radical (unpaired) electrons. The minimum absolute atomic E-state index is 0.0213. The standard InChI is InChI=1S/C63H115N11O13/c1-25-44-59(82)68(17)34-49(75)69(18)45(30-35(2)3)56(79)67-50(39(10)11)62(85)70(19)46(31-36(4)5)55(78)64-42(15)54(77)65-43(16)58(81)71(20)47(32-37(6)7)60(83)72(21)48(33-38(8)9)61(84)73(22)51(40(12)13)63(86)74(23)52(57(80)66-44)53(76)41(14)28-26-27-29-87-24/h35-48,50-53,76H,25-34H2,1-24H3,(H,64,78)(H,65,77)(H,66,80)(H,67,79)/t41-,42+,43-,44+,45+,46+,47+,48+,50+,51+,52+,53-/m1/s1. The summed E-state index contributed by atoms with van der Waals surface area (Å²) in [7, 11) is 11.5. The lowest BCUT2D eigenvalue weighted by Gasteiger charge is -2.41. The highest BCUT2D eigenvalue weighted by Crippen LogP contribution is 2.26. The average molecular weight is 1230 g/mol. The van der Waals surface area contributed by atoms with Gasteiger partial charge >= 0.3 is 0 Å². The van der Waals surface area contributed by atoms with E-state index < -0.39 is 156 Å². The molecule has 0 aromatic heterocycles. The summed E-state index contributed by atoms with van der Waals surface area (Å²) < 4.78 is 5.23. The first-order chi connectivity index (χ1) is 40.2. The highest BCUT2D eigenvalue weighted by Gasteiger charge is 2.46. The number of unbranched alkanes of at least 4 members (excludes halogenated alkanes) is 1. The number of amides is 11. The van der Waals surface area contributed by atoms with Crippen LogP contribution in [-0.2, 0) is 57.5 Å². The molecule has 1 fully saturated rings. The van der Waals surface area contributed by atoms with Crippen LogP contribution < -0.4 is 21.3 Å². The molecule has 1 aliphatic rings. The van der Waals surface area contributed by atoms with Crippen molar-refractivity contribution in [1.82, 2.24) is 55.6 Å². The van der Waals surface area contributed by atoms with Gasteiger partial charge in [0, 0.05) is 63.1 Å². The molecule has 24 nitrogen and oxygen atoms in total. The van der Waals surface area contributed by atoms with Crippen molar-refractivity contribution in [2.24, 2.45) is 41.4 Å². The first-order valence-electron chi connectivity index (χ1n) is 31.4. The monoisotopic (exact) mass is 1230 g/mol. The topological polar surface area (TPSA) is 288 Å². The molecule has 12 atom stereocenters. The summed E-state index contributed by atoms with van der Waals surface area (Å²) >= 11 is 0. The van der Waals surface area contributed by atoms with Gasteiger partial charge in [-0.1, -0.05) is 103 Å². The molecular formula is C63H115N11O13. The second-order valence-corrected chi connectivity index (χ2v) is 26.8. The van der Waals surface area contributed by atoms with Gasteiger partial charge in [-0.05, 0) is 100 Å². The SMILES string of the molecule is CC[C@@H]1NC(=O)[C@H]([C@H](O)[C@H](C)CCCCOC)N(C)C(=O)[C@H](C(C)C)N(C)C(=O)[C@H](CC(C)C)N(C)C(=O)[C@H](CC(C)C)N(C)C(=O)[C@@H](C)NC(=O)[C@H](C)NC(=O)[C@H](CC(C)C)N(C)C(=O)[C@H](C(C)C)NC(=O)[C@H](CC(C)C)N(C)C(=O)CN(C)C1=O. The molecule has 0 unspecified atom stereocenters. The van der Waals surface area contributed by atoms with Gasteiger partial charge in [-0.25, -0.2) is 0 Å². The average Bonchev–Trinajstić information content (AvgIpc) is 1.87. The number of nitrogens with zero attached hydrogens (tertiary/aromatic N) is 7. The summed E-state index contributed by atoms with van der Waals surface area (Å²) in [5, 5.41) is 23.2. The van der Waals surface area contributed by atoms with Gasteiger partial charge < -0.3 is 65.4 Å². The Bertz CT molecular complexity index is 2310. The molecule has 0 saturated carbocycles. The van der Waals surface area contributed by atoms with Gasteiger partial charge in [-0.15, -0.1) is 0 Å². The van der Waals surface area contributed by atoms with Crippen molar-refractivity contribution in [2.75, 3.05) is 69.6 Å².